The SMILES string of the molecule is CC(C)(C)OC(=O)N1C=Cc2c([N+](=O)[O-])ccc(OC3CCNCC3)c2C1. The Morgan fingerprint density at radius 3 is 2.63 bits per heavy atom. The van der Waals surface area contributed by atoms with E-state index in [4.69, 9.17) is 9.47 Å². The van der Waals surface area contributed by atoms with Gasteiger partial charge in [-0.05, 0) is 58.8 Å². The Morgan fingerprint density at radius 1 is 1.30 bits per heavy atom. The Bertz CT molecular complexity index is 763. The zero-order valence-corrected chi connectivity index (χ0v) is 15.9. The summed E-state index contributed by atoms with van der Waals surface area (Å²) >= 11 is 0. The van der Waals surface area contributed by atoms with E-state index in [0.29, 0.717) is 16.9 Å². The highest BCUT2D eigenvalue weighted by molar-refractivity contribution is 5.76. The number of amides is 1. The molecule has 8 heteroatoms. The fraction of sp³-hybridized carbons (Fsp3) is 0.526. The van der Waals surface area contributed by atoms with Crippen LogP contribution in [0.2, 0.25) is 0 Å². The third kappa shape index (κ3) is 4.57. The number of nitrogens with one attached hydrogen (secondary N) is 1. The molecule has 2 aliphatic heterocycles. The van der Waals surface area contributed by atoms with Gasteiger partial charge < -0.3 is 14.8 Å². The standard InChI is InChI=1S/C19H25N3O5/c1-19(2,3)27-18(23)21-11-8-14-15(12-21)17(5-4-16(14)22(24)25)26-13-6-9-20-10-7-13/h4-5,8,11,13,20H,6-7,9-10,12H2,1-3H3. The van der Waals surface area contributed by atoms with Gasteiger partial charge in [0.15, 0.2) is 0 Å². The summed E-state index contributed by atoms with van der Waals surface area (Å²) in [6, 6.07) is 3.09. The Hall–Kier alpha value is -2.61. The fourth-order valence-electron chi connectivity index (χ4n) is 3.18. The van der Waals surface area contributed by atoms with Gasteiger partial charge in [0.05, 0.1) is 17.0 Å². The molecule has 0 aromatic heterocycles. The number of carbonyl (C=O) groups excluding carboxylic acids is 1. The van der Waals surface area contributed by atoms with E-state index in [-0.39, 0.29) is 18.3 Å². The maximum absolute atomic E-state index is 12.4. The molecule has 2 aliphatic rings. The van der Waals surface area contributed by atoms with Gasteiger partial charge in [0.1, 0.15) is 17.5 Å². The van der Waals surface area contributed by atoms with Gasteiger partial charge in [0.2, 0.25) is 0 Å². The minimum atomic E-state index is -0.623. The molecule has 1 fully saturated rings. The van der Waals surface area contributed by atoms with Crippen LogP contribution in [-0.2, 0) is 11.3 Å². The molecule has 0 unspecified atom stereocenters. The highest BCUT2D eigenvalue weighted by Gasteiger charge is 2.29. The predicted molar refractivity (Wildman–Crippen MR) is 100 cm³/mol. The molecular weight excluding hydrogens is 350 g/mol. The summed E-state index contributed by atoms with van der Waals surface area (Å²) in [5, 5.41) is 14.7. The van der Waals surface area contributed by atoms with Crippen LogP contribution in [0.25, 0.3) is 6.08 Å². The minimum Gasteiger partial charge on any atom is -0.490 e. The van der Waals surface area contributed by atoms with Crippen molar-refractivity contribution in [1.82, 2.24) is 10.2 Å². The lowest BCUT2D eigenvalue weighted by Crippen LogP contribution is -2.36. The molecule has 1 saturated heterocycles. The first-order valence-corrected chi connectivity index (χ1v) is 9.10. The average molecular weight is 375 g/mol. The number of fused-ring (bicyclic) bond motifs is 1. The lowest BCUT2D eigenvalue weighted by atomic mass is 10.0. The first-order valence-electron chi connectivity index (χ1n) is 9.10. The van der Waals surface area contributed by atoms with E-state index < -0.39 is 16.6 Å². The van der Waals surface area contributed by atoms with Gasteiger partial charge in [-0.2, -0.15) is 0 Å². The third-order valence-corrected chi connectivity index (χ3v) is 4.45. The van der Waals surface area contributed by atoms with Crippen LogP contribution in [0.5, 0.6) is 5.75 Å². The summed E-state index contributed by atoms with van der Waals surface area (Å²) in [6.45, 7) is 7.31. The van der Waals surface area contributed by atoms with Crippen LogP contribution >= 0.6 is 0 Å². The summed E-state index contributed by atoms with van der Waals surface area (Å²) in [6.07, 6.45) is 4.41. The molecule has 8 nitrogen and oxygen atoms in total. The maximum atomic E-state index is 12.4. The molecule has 0 spiro atoms. The number of ether oxygens (including phenoxy) is 2. The van der Waals surface area contributed by atoms with Crippen molar-refractivity contribution in [1.29, 1.82) is 0 Å². The summed E-state index contributed by atoms with van der Waals surface area (Å²) in [5.41, 5.74) is 0.493. The van der Waals surface area contributed by atoms with E-state index in [2.05, 4.69) is 5.32 Å². The van der Waals surface area contributed by atoms with Crippen molar-refractivity contribution in [2.75, 3.05) is 13.1 Å². The lowest BCUT2D eigenvalue weighted by Gasteiger charge is -2.30. The number of rotatable bonds is 3. The molecule has 0 saturated carbocycles. The largest absolute Gasteiger partial charge is 0.490 e. The molecule has 0 bridgehead atoms. The molecule has 1 aromatic carbocycles. The molecular formula is C19H25N3O5. The third-order valence-electron chi connectivity index (χ3n) is 4.45. The monoisotopic (exact) mass is 375 g/mol. The van der Waals surface area contributed by atoms with Crippen molar-refractivity contribution in [3.05, 3.63) is 39.6 Å². The zero-order valence-electron chi connectivity index (χ0n) is 15.9. The number of hydrogen-bond acceptors (Lipinski definition) is 6. The number of hydrogen-bond donors (Lipinski definition) is 1. The van der Waals surface area contributed by atoms with Crippen LogP contribution in [0.1, 0.15) is 44.7 Å². The molecule has 2 heterocycles. The summed E-state index contributed by atoms with van der Waals surface area (Å²) in [4.78, 5) is 24.8. The Kier molecular flexibility index (Phi) is 5.36. The molecule has 1 aromatic rings. The quantitative estimate of drug-likeness (QED) is 0.642. The first kappa shape index (κ1) is 19.2. The second kappa shape index (κ2) is 7.56. The van der Waals surface area contributed by atoms with Gasteiger partial charge in [0.25, 0.3) is 5.69 Å². The number of nitrogens with zero attached hydrogens (tertiary/aromatic N) is 2. The smallest absolute Gasteiger partial charge is 0.414 e. The van der Waals surface area contributed by atoms with Gasteiger partial charge in [-0.3, -0.25) is 15.0 Å². The summed E-state index contributed by atoms with van der Waals surface area (Å²) in [5.74, 6) is 0.584. The van der Waals surface area contributed by atoms with Crippen LogP contribution in [-0.4, -0.2) is 40.7 Å². The molecule has 0 radical (unpaired) electrons. The van der Waals surface area contributed by atoms with Crippen LogP contribution < -0.4 is 10.1 Å². The molecule has 0 atom stereocenters. The minimum absolute atomic E-state index is 0.00255. The van der Waals surface area contributed by atoms with E-state index in [1.165, 1.54) is 17.2 Å². The Balaban J connectivity index is 1.89. The molecule has 146 valence electrons. The second-order valence-electron chi connectivity index (χ2n) is 7.72. The van der Waals surface area contributed by atoms with E-state index in [0.717, 1.165) is 25.9 Å². The van der Waals surface area contributed by atoms with Gasteiger partial charge in [-0.1, -0.05) is 0 Å². The van der Waals surface area contributed by atoms with Crippen LogP contribution in [0, 0.1) is 10.1 Å². The van der Waals surface area contributed by atoms with E-state index in [1.807, 2.05) is 0 Å². The van der Waals surface area contributed by atoms with Crippen LogP contribution in [0.3, 0.4) is 0 Å². The van der Waals surface area contributed by atoms with Gasteiger partial charge in [-0.25, -0.2) is 4.79 Å². The molecule has 3 rings (SSSR count). The first-order chi connectivity index (χ1) is 12.7. The summed E-state index contributed by atoms with van der Waals surface area (Å²) in [7, 11) is 0. The van der Waals surface area contributed by atoms with Crippen molar-refractivity contribution in [2.24, 2.45) is 0 Å². The van der Waals surface area contributed by atoms with E-state index in [1.54, 1.807) is 32.9 Å². The van der Waals surface area contributed by atoms with Crippen molar-refractivity contribution in [3.63, 3.8) is 0 Å². The topological polar surface area (TPSA) is 93.9 Å². The zero-order chi connectivity index (χ0) is 19.6. The number of benzene rings is 1. The highest BCUT2D eigenvalue weighted by Crippen LogP contribution is 2.36. The fourth-order valence-corrected chi connectivity index (χ4v) is 3.18. The Labute approximate surface area is 158 Å². The van der Waals surface area contributed by atoms with Crippen molar-refractivity contribution in [2.45, 2.75) is 51.9 Å². The maximum Gasteiger partial charge on any atom is 0.414 e. The van der Waals surface area contributed by atoms with Gasteiger partial charge in [-0.15, -0.1) is 0 Å². The Morgan fingerprint density at radius 2 is 2.00 bits per heavy atom. The summed E-state index contributed by atoms with van der Waals surface area (Å²) < 4.78 is 11.6. The number of piperidine rings is 1. The van der Waals surface area contributed by atoms with Crippen LogP contribution in [0.4, 0.5) is 10.5 Å². The van der Waals surface area contributed by atoms with Crippen LogP contribution in [0.15, 0.2) is 18.3 Å². The molecule has 27 heavy (non-hydrogen) atoms. The van der Waals surface area contributed by atoms with E-state index >= 15 is 0 Å². The normalized spacial score (nSPS) is 17.4. The predicted octanol–water partition coefficient (Wildman–Crippen LogP) is 3.45. The molecule has 1 N–H and O–H groups in total. The number of nitro benzene ring substituents is 1. The number of carbonyl (C=O) groups is 1. The van der Waals surface area contributed by atoms with Crippen molar-refractivity contribution >= 4 is 17.9 Å². The molecule has 0 aliphatic carbocycles. The van der Waals surface area contributed by atoms with Gasteiger partial charge in [0, 0.05) is 17.8 Å². The van der Waals surface area contributed by atoms with Gasteiger partial charge >= 0.3 is 6.09 Å². The lowest BCUT2D eigenvalue weighted by molar-refractivity contribution is -0.385. The average Bonchev–Trinajstić information content (AvgIpc) is 2.60. The van der Waals surface area contributed by atoms with Crippen molar-refractivity contribution in [3.8, 4) is 5.75 Å². The number of nitro groups is 1. The highest BCUT2D eigenvalue weighted by atomic mass is 16.6. The van der Waals surface area contributed by atoms with E-state index in [9.17, 15) is 14.9 Å². The molecule has 1 amide bonds. The van der Waals surface area contributed by atoms with Crippen molar-refractivity contribution < 1.29 is 19.2 Å². The second-order valence-corrected chi connectivity index (χ2v) is 7.72.